The number of nitrogen functional groups attached to an aromatic ring is 1. The van der Waals surface area contributed by atoms with Crippen LogP contribution in [0.15, 0.2) is 6.20 Å². The molecule has 3 N–H and O–H groups in total. The van der Waals surface area contributed by atoms with Crippen LogP contribution in [0.4, 0.5) is 5.69 Å². The van der Waals surface area contributed by atoms with Crippen molar-refractivity contribution in [2.24, 2.45) is 7.05 Å². The Kier molecular flexibility index (Phi) is 3.24. The van der Waals surface area contributed by atoms with Crippen molar-refractivity contribution in [3.63, 3.8) is 0 Å². The second-order valence-electron chi connectivity index (χ2n) is 4.43. The Morgan fingerprint density at radius 3 is 2.74 bits per heavy atom. The molecule has 19 heavy (non-hydrogen) atoms. The van der Waals surface area contributed by atoms with Crippen molar-refractivity contribution in [3.8, 4) is 0 Å². The highest BCUT2D eigenvalue weighted by Gasteiger charge is 2.33. The van der Waals surface area contributed by atoms with E-state index in [1.165, 1.54) is 17.9 Å². The molecule has 0 bridgehead atoms. The van der Waals surface area contributed by atoms with Gasteiger partial charge in [-0.2, -0.15) is 5.10 Å². The minimum Gasteiger partial charge on any atom is -0.396 e. The van der Waals surface area contributed by atoms with Gasteiger partial charge in [0.15, 0.2) is 0 Å². The van der Waals surface area contributed by atoms with Gasteiger partial charge in [0.1, 0.15) is 11.7 Å². The van der Waals surface area contributed by atoms with Crippen LogP contribution in [-0.2, 0) is 16.6 Å². The number of nitrogens with two attached hydrogens (primary N) is 1. The van der Waals surface area contributed by atoms with Crippen molar-refractivity contribution in [2.75, 3.05) is 12.8 Å². The lowest BCUT2D eigenvalue weighted by Gasteiger charge is -2.28. The smallest absolute Gasteiger partial charge is 0.272 e. The highest BCUT2D eigenvalue weighted by atomic mass is 16.2. The van der Waals surface area contributed by atoms with E-state index in [2.05, 4.69) is 10.4 Å². The van der Waals surface area contributed by atoms with E-state index in [1.807, 2.05) is 0 Å². The molecule has 1 saturated heterocycles. The van der Waals surface area contributed by atoms with Crippen molar-refractivity contribution in [1.82, 2.24) is 20.0 Å². The minimum absolute atomic E-state index is 0.201. The fraction of sp³-hybridized carbons (Fsp3) is 0.455. The molecular weight excluding hydrogens is 250 g/mol. The number of hydrogen-bond acceptors (Lipinski definition) is 5. The summed E-state index contributed by atoms with van der Waals surface area (Å²) in [5.74, 6) is -1.13. The Hall–Kier alpha value is -2.38. The molecule has 0 aliphatic carbocycles. The van der Waals surface area contributed by atoms with E-state index < -0.39 is 17.9 Å². The lowest BCUT2D eigenvalue weighted by Crippen LogP contribution is -2.53. The van der Waals surface area contributed by atoms with Gasteiger partial charge in [-0.05, 0) is 6.42 Å². The minimum atomic E-state index is -0.704. The summed E-state index contributed by atoms with van der Waals surface area (Å²) in [6.07, 6.45) is 1.90. The first-order valence-electron chi connectivity index (χ1n) is 5.80. The number of aromatic nitrogens is 2. The molecule has 1 aromatic rings. The van der Waals surface area contributed by atoms with E-state index in [1.54, 1.807) is 7.05 Å². The molecule has 8 nitrogen and oxygen atoms in total. The van der Waals surface area contributed by atoms with Crippen LogP contribution in [0.2, 0.25) is 0 Å². The molecule has 1 aromatic heterocycles. The average Bonchev–Trinajstić information content (AvgIpc) is 2.70. The molecule has 102 valence electrons. The first kappa shape index (κ1) is 13.1. The second kappa shape index (κ2) is 4.71. The number of likely N-dealkylation sites (tertiary alicyclic amines) is 1. The van der Waals surface area contributed by atoms with Crippen LogP contribution < -0.4 is 11.1 Å². The van der Waals surface area contributed by atoms with Crippen LogP contribution in [-0.4, -0.2) is 45.5 Å². The quantitative estimate of drug-likeness (QED) is 0.658. The molecule has 0 saturated carbocycles. The van der Waals surface area contributed by atoms with Gasteiger partial charge in [0.05, 0.1) is 11.9 Å². The lowest BCUT2D eigenvalue weighted by atomic mass is 10.0. The van der Waals surface area contributed by atoms with Crippen LogP contribution in [0, 0.1) is 0 Å². The number of piperidine rings is 1. The summed E-state index contributed by atoms with van der Waals surface area (Å²) in [7, 11) is 2.99. The predicted molar refractivity (Wildman–Crippen MR) is 65.9 cm³/mol. The Bertz CT molecular complexity index is 531. The number of anilines is 1. The van der Waals surface area contributed by atoms with Crippen molar-refractivity contribution >= 4 is 23.4 Å². The number of likely N-dealkylation sites (N-methyl/N-ethyl adjacent to an activating group) is 1. The van der Waals surface area contributed by atoms with Gasteiger partial charge >= 0.3 is 0 Å². The molecule has 1 atom stereocenters. The monoisotopic (exact) mass is 265 g/mol. The standard InChI is InChI=1S/C11H15N5O3/c1-15-8(17)4-3-7(11(15)19)14-10(18)9-6(12)5-13-16(9)2/h5,7H,3-4,12H2,1-2H3,(H,14,18). The Balaban J connectivity index is 2.12. The summed E-state index contributed by atoms with van der Waals surface area (Å²) in [4.78, 5) is 36.2. The molecule has 2 rings (SSSR count). The van der Waals surface area contributed by atoms with Gasteiger partial charge in [-0.15, -0.1) is 0 Å². The molecule has 8 heteroatoms. The van der Waals surface area contributed by atoms with Crippen molar-refractivity contribution in [2.45, 2.75) is 18.9 Å². The SMILES string of the molecule is CN1C(=O)CCC(NC(=O)c2c(N)cnn2C)C1=O. The number of nitrogens with zero attached hydrogens (tertiary/aromatic N) is 3. The van der Waals surface area contributed by atoms with Crippen LogP contribution in [0.1, 0.15) is 23.3 Å². The van der Waals surface area contributed by atoms with Crippen molar-refractivity contribution < 1.29 is 14.4 Å². The fourth-order valence-corrected chi connectivity index (χ4v) is 2.01. The number of carbonyl (C=O) groups excluding carboxylic acids is 3. The second-order valence-corrected chi connectivity index (χ2v) is 4.43. The first-order valence-corrected chi connectivity index (χ1v) is 5.80. The molecule has 0 radical (unpaired) electrons. The predicted octanol–water partition coefficient (Wildman–Crippen LogP) is -1.12. The third-order valence-corrected chi connectivity index (χ3v) is 3.14. The highest BCUT2D eigenvalue weighted by Crippen LogP contribution is 2.14. The summed E-state index contributed by atoms with van der Waals surface area (Å²) in [6.45, 7) is 0. The van der Waals surface area contributed by atoms with E-state index in [9.17, 15) is 14.4 Å². The zero-order valence-electron chi connectivity index (χ0n) is 10.7. The Labute approximate surface area is 109 Å². The van der Waals surface area contributed by atoms with Gasteiger partial charge in [-0.1, -0.05) is 0 Å². The van der Waals surface area contributed by atoms with Crippen LogP contribution >= 0.6 is 0 Å². The normalized spacial score (nSPS) is 19.7. The lowest BCUT2D eigenvalue weighted by molar-refractivity contribution is -0.147. The molecule has 3 amide bonds. The average molecular weight is 265 g/mol. The summed E-state index contributed by atoms with van der Waals surface area (Å²) >= 11 is 0. The Morgan fingerprint density at radius 2 is 2.16 bits per heavy atom. The number of rotatable bonds is 2. The molecule has 0 aromatic carbocycles. The molecule has 1 aliphatic heterocycles. The number of nitrogens with one attached hydrogen (secondary N) is 1. The van der Waals surface area contributed by atoms with Gasteiger partial charge in [0, 0.05) is 20.5 Å². The van der Waals surface area contributed by atoms with Gasteiger partial charge < -0.3 is 11.1 Å². The molecule has 1 unspecified atom stereocenters. The zero-order valence-corrected chi connectivity index (χ0v) is 10.7. The van der Waals surface area contributed by atoms with Crippen LogP contribution in [0.25, 0.3) is 0 Å². The summed E-state index contributed by atoms with van der Waals surface area (Å²) in [5.41, 5.74) is 6.08. The fourth-order valence-electron chi connectivity index (χ4n) is 2.01. The molecule has 1 aliphatic rings. The maximum Gasteiger partial charge on any atom is 0.272 e. The number of carbonyl (C=O) groups is 3. The van der Waals surface area contributed by atoms with Gasteiger partial charge in [0.25, 0.3) is 11.8 Å². The maximum atomic E-state index is 12.0. The largest absolute Gasteiger partial charge is 0.396 e. The molecule has 0 spiro atoms. The van der Waals surface area contributed by atoms with Crippen molar-refractivity contribution in [3.05, 3.63) is 11.9 Å². The number of imide groups is 1. The molecule has 1 fully saturated rings. The van der Waals surface area contributed by atoms with E-state index >= 15 is 0 Å². The van der Waals surface area contributed by atoms with E-state index in [0.717, 1.165) is 4.90 Å². The number of amides is 3. The van der Waals surface area contributed by atoms with Crippen LogP contribution in [0.5, 0.6) is 0 Å². The number of hydrogen-bond donors (Lipinski definition) is 2. The first-order chi connectivity index (χ1) is 8.91. The third-order valence-electron chi connectivity index (χ3n) is 3.14. The summed E-state index contributed by atoms with van der Waals surface area (Å²) in [6, 6.07) is -0.704. The van der Waals surface area contributed by atoms with Crippen LogP contribution in [0.3, 0.4) is 0 Å². The summed E-state index contributed by atoms with van der Waals surface area (Å²) < 4.78 is 1.34. The van der Waals surface area contributed by atoms with E-state index in [4.69, 9.17) is 5.73 Å². The molecular formula is C11H15N5O3. The topological polar surface area (TPSA) is 110 Å². The molecule has 2 heterocycles. The van der Waals surface area contributed by atoms with E-state index in [-0.39, 0.29) is 23.7 Å². The van der Waals surface area contributed by atoms with Gasteiger partial charge in [-0.3, -0.25) is 24.0 Å². The number of aryl methyl sites for hydroxylation is 1. The van der Waals surface area contributed by atoms with Gasteiger partial charge in [-0.25, -0.2) is 0 Å². The van der Waals surface area contributed by atoms with E-state index in [0.29, 0.717) is 6.42 Å². The summed E-state index contributed by atoms with van der Waals surface area (Å²) in [5, 5.41) is 6.44. The van der Waals surface area contributed by atoms with Gasteiger partial charge in [0.2, 0.25) is 5.91 Å². The Morgan fingerprint density at radius 1 is 1.47 bits per heavy atom. The highest BCUT2D eigenvalue weighted by molar-refractivity contribution is 6.04. The third kappa shape index (κ3) is 2.28. The maximum absolute atomic E-state index is 12.0. The zero-order chi connectivity index (χ0) is 14.2. The van der Waals surface area contributed by atoms with Crippen molar-refractivity contribution in [1.29, 1.82) is 0 Å².